The lowest BCUT2D eigenvalue weighted by Gasteiger charge is -2.09. The Morgan fingerprint density at radius 2 is 2.13 bits per heavy atom. The summed E-state index contributed by atoms with van der Waals surface area (Å²) in [6, 6.07) is 9.04. The first-order valence-electron chi connectivity index (χ1n) is 7.84. The van der Waals surface area contributed by atoms with Gasteiger partial charge in [-0.3, -0.25) is 0 Å². The van der Waals surface area contributed by atoms with Crippen LogP contribution < -0.4 is 10.6 Å². The Balaban J connectivity index is 1.95. The molecule has 6 heteroatoms. The number of nitrogens with zero attached hydrogens (tertiary/aromatic N) is 2. The first-order chi connectivity index (χ1) is 11.1. The maximum absolute atomic E-state index is 9.48. The number of aromatic nitrogens is 1. The van der Waals surface area contributed by atoms with E-state index in [1.165, 1.54) is 0 Å². The molecule has 1 aromatic carbocycles. The average Bonchev–Trinajstić information content (AvgIpc) is 2.99. The smallest absolute Gasteiger partial charge is 0.191 e. The molecule has 0 spiro atoms. The molecule has 0 bridgehead atoms. The molecule has 2 rings (SSSR count). The van der Waals surface area contributed by atoms with Crippen molar-refractivity contribution in [1.82, 2.24) is 15.8 Å². The summed E-state index contributed by atoms with van der Waals surface area (Å²) in [5, 5.41) is 19.9. The van der Waals surface area contributed by atoms with E-state index in [4.69, 9.17) is 4.52 Å². The number of aliphatic imine (C=N–C) groups is 1. The van der Waals surface area contributed by atoms with Crippen LogP contribution in [0.3, 0.4) is 0 Å². The number of phenols is 1. The Morgan fingerprint density at radius 3 is 2.78 bits per heavy atom. The van der Waals surface area contributed by atoms with Crippen molar-refractivity contribution in [2.24, 2.45) is 4.99 Å². The predicted molar refractivity (Wildman–Crippen MR) is 90.4 cm³/mol. The second kappa shape index (κ2) is 8.22. The van der Waals surface area contributed by atoms with Crippen molar-refractivity contribution in [3.63, 3.8) is 0 Å². The summed E-state index contributed by atoms with van der Waals surface area (Å²) in [4.78, 5) is 4.50. The third-order valence-corrected chi connectivity index (χ3v) is 3.27. The number of rotatable bonds is 6. The summed E-state index contributed by atoms with van der Waals surface area (Å²) in [6.45, 7) is 7.94. The Kier molecular flexibility index (Phi) is 6.02. The van der Waals surface area contributed by atoms with E-state index in [1.807, 2.05) is 25.1 Å². The van der Waals surface area contributed by atoms with Crippen molar-refractivity contribution in [1.29, 1.82) is 0 Å². The van der Waals surface area contributed by atoms with Crippen LogP contribution in [0.1, 0.15) is 43.7 Å². The lowest BCUT2D eigenvalue weighted by atomic mass is 10.1. The fraction of sp³-hybridized carbons (Fsp3) is 0.412. The van der Waals surface area contributed by atoms with Gasteiger partial charge in [0.05, 0.1) is 18.8 Å². The SMILES string of the molecule is CCNC(=NCc1cccc(O)c1)NCc1cc(C(C)C)no1. The molecule has 0 saturated heterocycles. The van der Waals surface area contributed by atoms with Gasteiger partial charge in [-0.25, -0.2) is 4.99 Å². The summed E-state index contributed by atoms with van der Waals surface area (Å²) in [6.07, 6.45) is 0. The van der Waals surface area contributed by atoms with E-state index in [1.54, 1.807) is 12.1 Å². The number of hydrogen-bond acceptors (Lipinski definition) is 4. The van der Waals surface area contributed by atoms with Crippen LogP contribution in [0.2, 0.25) is 0 Å². The third-order valence-electron chi connectivity index (χ3n) is 3.27. The highest BCUT2D eigenvalue weighted by atomic mass is 16.5. The van der Waals surface area contributed by atoms with Crippen molar-refractivity contribution >= 4 is 5.96 Å². The molecule has 1 heterocycles. The predicted octanol–water partition coefficient (Wildman–Crippen LogP) is 2.76. The van der Waals surface area contributed by atoms with Crippen LogP contribution in [-0.4, -0.2) is 22.8 Å². The highest BCUT2D eigenvalue weighted by molar-refractivity contribution is 5.79. The molecule has 2 aromatic rings. The maximum Gasteiger partial charge on any atom is 0.191 e. The Morgan fingerprint density at radius 1 is 1.30 bits per heavy atom. The van der Waals surface area contributed by atoms with Gasteiger partial charge in [-0.1, -0.05) is 31.1 Å². The maximum atomic E-state index is 9.48. The zero-order chi connectivity index (χ0) is 16.7. The molecular weight excluding hydrogens is 292 g/mol. The van der Waals surface area contributed by atoms with Crippen LogP contribution in [0.4, 0.5) is 0 Å². The molecule has 1 aromatic heterocycles. The lowest BCUT2D eigenvalue weighted by molar-refractivity contribution is 0.372. The normalized spacial score (nSPS) is 11.7. The lowest BCUT2D eigenvalue weighted by Crippen LogP contribution is -2.36. The van der Waals surface area contributed by atoms with Crippen molar-refractivity contribution in [2.45, 2.75) is 39.8 Å². The van der Waals surface area contributed by atoms with Crippen LogP contribution in [0.25, 0.3) is 0 Å². The minimum Gasteiger partial charge on any atom is -0.508 e. The number of guanidine groups is 1. The van der Waals surface area contributed by atoms with Gasteiger partial charge in [0.15, 0.2) is 11.7 Å². The van der Waals surface area contributed by atoms with Crippen molar-refractivity contribution in [2.75, 3.05) is 6.54 Å². The van der Waals surface area contributed by atoms with E-state index in [0.717, 1.165) is 23.6 Å². The summed E-state index contributed by atoms with van der Waals surface area (Å²) in [5.41, 5.74) is 1.90. The number of benzene rings is 1. The van der Waals surface area contributed by atoms with Gasteiger partial charge in [-0.2, -0.15) is 0 Å². The van der Waals surface area contributed by atoms with Gasteiger partial charge < -0.3 is 20.3 Å². The largest absolute Gasteiger partial charge is 0.508 e. The second-order valence-corrected chi connectivity index (χ2v) is 5.59. The number of hydrogen-bond donors (Lipinski definition) is 3. The van der Waals surface area contributed by atoms with E-state index >= 15 is 0 Å². The van der Waals surface area contributed by atoms with Crippen molar-refractivity contribution in [3.05, 3.63) is 47.3 Å². The number of aromatic hydroxyl groups is 1. The van der Waals surface area contributed by atoms with E-state index in [2.05, 4.69) is 34.6 Å². The number of nitrogens with one attached hydrogen (secondary N) is 2. The molecule has 0 aliphatic rings. The summed E-state index contributed by atoms with van der Waals surface area (Å²) < 4.78 is 5.30. The molecule has 3 N–H and O–H groups in total. The van der Waals surface area contributed by atoms with E-state index in [-0.39, 0.29) is 5.75 Å². The van der Waals surface area contributed by atoms with Crippen molar-refractivity contribution < 1.29 is 9.63 Å². The van der Waals surface area contributed by atoms with Gasteiger partial charge in [-0.05, 0) is 30.5 Å². The minimum atomic E-state index is 0.249. The fourth-order valence-electron chi connectivity index (χ4n) is 2.02. The Hall–Kier alpha value is -2.50. The minimum absolute atomic E-state index is 0.249. The molecule has 124 valence electrons. The van der Waals surface area contributed by atoms with E-state index < -0.39 is 0 Å². The molecule has 6 nitrogen and oxygen atoms in total. The molecule has 0 amide bonds. The third kappa shape index (κ3) is 5.32. The molecule has 0 aliphatic carbocycles. The zero-order valence-corrected chi connectivity index (χ0v) is 13.8. The molecular formula is C17H24N4O2. The van der Waals surface area contributed by atoms with Crippen molar-refractivity contribution in [3.8, 4) is 5.75 Å². The topological polar surface area (TPSA) is 82.7 Å². The van der Waals surface area contributed by atoms with Crippen LogP contribution in [0.5, 0.6) is 5.75 Å². The summed E-state index contributed by atoms with van der Waals surface area (Å²) in [7, 11) is 0. The molecule has 0 radical (unpaired) electrons. The van der Waals surface area contributed by atoms with Gasteiger partial charge in [-0.15, -0.1) is 0 Å². The Labute approximate surface area is 136 Å². The Bertz CT molecular complexity index is 650. The summed E-state index contributed by atoms with van der Waals surface area (Å²) in [5.74, 6) is 2.06. The van der Waals surface area contributed by atoms with Gasteiger partial charge in [0.2, 0.25) is 0 Å². The first kappa shape index (κ1) is 16.9. The summed E-state index contributed by atoms with van der Waals surface area (Å²) >= 11 is 0. The van der Waals surface area contributed by atoms with E-state index in [0.29, 0.717) is 25.0 Å². The fourth-order valence-corrected chi connectivity index (χ4v) is 2.02. The molecule has 23 heavy (non-hydrogen) atoms. The molecule has 0 unspecified atom stereocenters. The molecule has 0 atom stereocenters. The van der Waals surface area contributed by atoms with E-state index in [9.17, 15) is 5.11 Å². The average molecular weight is 316 g/mol. The molecule has 0 fully saturated rings. The van der Waals surface area contributed by atoms with Gasteiger partial charge in [0.25, 0.3) is 0 Å². The first-order valence-corrected chi connectivity index (χ1v) is 7.84. The highest BCUT2D eigenvalue weighted by Gasteiger charge is 2.08. The molecule has 0 saturated carbocycles. The molecule has 0 aliphatic heterocycles. The second-order valence-electron chi connectivity index (χ2n) is 5.59. The van der Waals surface area contributed by atoms with Crippen LogP contribution in [-0.2, 0) is 13.1 Å². The van der Waals surface area contributed by atoms with Crippen LogP contribution in [0, 0.1) is 0 Å². The van der Waals surface area contributed by atoms with Gasteiger partial charge in [0, 0.05) is 12.6 Å². The monoisotopic (exact) mass is 316 g/mol. The number of phenolic OH excluding ortho intramolecular Hbond substituents is 1. The van der Waals surface area contributed by atoms with Crippen LogP contribution in [0.15, 0.2) is 39.8 Å². The highest BCUT2D eigenvalue weighted by Crippen LogP contribution is 2.14. The van der Waals surface area contributed by atoms with Gasteiger partial charge >= 0.3 is 0 Å². The quantitative estimate of drug-likeness (QED) is 0.564. The van der Waals surface area contributed by atoms with Crippen LogP contribution >= 0.6 is 0 Å². The van der Waals surface area contributed by atoms with Gasteiger partial charge in [0.1, 0.15) is 5.75 Å². The standard InChI is InChI=1S/C17H24N4O2/c1-4-18-17(19-10-13-6-5-7-14(22)8-13)20-11-15-9-16(12(2)3)21-23-15/h5-9,12,22H,4,10-11H2,1-3H3,(H2,18,19,20). The zero-order valence-electron chi connectivity index (χ0n) is 13.8.